The maximum Gasteiger partial charge on any atom is 0.232 e. The molecule has 9 heteroatoms. The molecule has 1 aromatic heterocycles. The number of hydrogen-bond donors (Lipinski definition) is 2. The first-order valence-corrected chi connectivity index (χ1v) is 9.03. The van der Waals surface area contributed by atoms with Crippen LogP contribution in [0.1, 0.15) is 52.3 Å². The predicted molar refractivity (Wildman–Crippen MR) is 111 cm³/mol. The third-order valence-electron chi connectivity index (χ3n) is 3.69. The molecule has 2 heterocycles. The molecular formula is C17H32IN5O3. The summed E-state index contributed by atoms with van der Waals surface area (Å²) in [7, 11) is 0. The van der Waals surface area contributed by atoms with E-state index in [1.807, 2.05) is 27.7 Å². The van der Waals surface area contributed by atoms with E-state index in [2.05, 4.69) is 25.8 Å². The van der Waals surface area contributed by atoms with Crippen LogP contribution in [0.2, 0.25) is 0 Å². The lowest BCUT2D eigenvalue weighted by atomic mass is 9.97. The normalized spacial score (nSPS) is 17.8. The molecule has 2 rings (SSSR count). The zero-order chi connectivity index (χ0) is 18.1. The van der Waals surface area contributed by atoms with Gasteiger partial charge in [0.15, 0.2) is 11.8 Å². The van der Waals surface area contributed by atoms with Crippen molar-refractivity contribution in [2.24, 2.45) is 4.99 Å². The van der Waals surface area contributed by atoms with Gasteiger partial charge < -0.3 is 24.6 Å². The quantitative estimate of drug-likeness (QED) is 0.255. The summed E-state index contributed by atoms with van der Waals surface area (Å²) < 4.78 is 16.3. The Morgan fingerprint density at radius 3 is 2.77 bits per heavy atom. The van der Waals surface area contributed by atoms with E-state index >= 15 is 0 Å². The molecule has 0 aromatic carbocycles. The van der Waals surface area contributed by atoms with Gasteiger partial charge >= 0.3 is 0 Å². The molecule has 0 spiro atoms. The summed E-state index contributed by atoms with van der Waals surface area (Å²) in [5.41, 5.74) is -0.151. The van der Waals surface area contributed by atoms with Crippen LogP contribution in [-0.2, 0) is 21.4 Å². The fraction of sp³-hybridized carbons (Fsp3) is 0.824. The van der Waals surface area contributed by atoms with Crippen LogP contribution in [-0.4, -0.2) is 55.1 Å². The number of halogens is 1. The summed E-state index contributed by atoms with van der Waals surface area (Å²) >= 11 is 0. The summed E-state index contributed by atoms with van der Waals surface area (Å²) in [4.78, 5) is 8.90. The summed E-state index contributed by atoms with van der Waals surface area (Å²) in [5.74, 6) is 1.96. The molecule has 1 aliphatic rings. The fourth-order valence-electron chi connectivity index (χ4n) is 2.29. The Bertz CT molecular complexity index is 539. The number of aliphatic imine (C=N–C) groups is 1. The van der Waals surface area contributed by atoms with E-state index in [1.165, 1.54) is 0 Å². The molecule has 1 aromatic rings. The van der Waals surface area contributed by atoms with Crippen LogP contribution in [0, 0.1) is 0 Å². The highest BCUT2D eigenvalue weighted by Gasteiger charge is 2.21. The molecule has 0 saturated carbocycles. The molecule has 1 saturated heterocycles. The molecule has 0 amide bonds. The maximum atomic E-state index is 5.75. The Morgan fingerprint density at radius 1 is 1.35 bits per heavy atom. The average Bonchev–Trinajstić information content (AvgIpc) is 3.23. The van der Waals surface area contributed by atoms with E-state index in [0.717, 1.165) is 51.7 Å². The number of ether oxygens (including phenoxy) is 2. The van der Waals surface area contributed by atoms with Crippen LogP contribution in [0.15, 0.2) is 9.52 Å². The first-order valence-electron chi connectivity index (χ1n) is 9.03. The van der Waals surface area contributed by atoms with Gasteiger partial charge in [0.05, 0.1) is 12.7 Å². The van der Waals surface area contributed by atoms with Gasteiger partial charge in [0.1, 0.15) is 6.54 Å². The Kier molecular flexibility index (Phi) is 10.4. The maximum absolute atomic E-state index is 5.75. The van der Waals surface area contributed by atoms with Crippen LogP contribution in [0.5, 0.6) is 0 Å². The van der Waals surface area contributed by atoms with Gasteiger partial charge in [-0.2, -0.15) is 4.98 Å². The lowest BCUT2D eigenvalue weighted by molar-refractivity contribution is 0.0420. The first kappa shape index (κ1) is 23.1. The van der Waals surface area contributed by atoms with Crippen LogP contribution in [0.25, 0.3) is 0 Å². The molecule has 0 aliphatic carbocycles. The molecule has 150 valence electrons. The number of guanidine groups is 1. The van der Waals surface area contributed by atoms with Gasteiger partial charge in [-0.1, -0.05) is 25.9 Å². The second-order valence-electron chi connectivity index (χ2n) is 7.10. The van der Waals surface area contributed by atoms with E-state index in [4.69, 9.17) is 14.0 Å². The van der Waals surface area contributed by atoms with Crippen molar-refractivity contribution in [3.8, 4) is 0 Å². The van der Waals surface area contributed by atoms with Crippen LogP contribution in [0.4, 0.5) is 0 Å². The minimum absolute atomic E-state index is 0. The van der Waals surface area contributed by atoms with Crippen molar-refractivity contribution in [1.82, 2.24) is 20.8 Å². The molecule has 1 aliphatic heterocycles. The highest BCUT2D eigenvalue weighted by atomic mass is 127. The highest BCUT2D eigenvalue weighted by Crippen LogP contribution is 2.19. The minimum Gasteiger partial charge on any atom is -0.379 e. The Morgan fingerprint density at radius 2 is 2.15 bits per heavy atom. The van der Waals surface area contributed by atoms with E-state index in [0.29, 0.717) is 18.3 Å². The van der Waals surface area contributed by atoms with Gasteiger partial charge in [0.25, 0.3) is 0 Å². The Balaban J connectivity index is 0.00000338. The van der Waals surface area contributed by atoms with E-state index in [-0.39, 0.29) is 35.5 Å². The molecule has 1 atom stereocenters. The van der Waals surface area contributed by atoms with E-state index in [1.54, 1.807) is 0 Å². The molecular weight excluding hydrogens is 449 g/mol. The van der Waals surface area contributed by atoms with E-state index in [9.17, 15) is 0 Å². The minimum atomic E-state index is -0.151. The monoisotopic (exact) mass is 481 g/mol. The molecule has 0 radical (unpaired) electrons. The smallest absolute Gasteiger partial charge is 0.232 e. The van der Waals surface area contributed by atoms with Crippen molar-refractivity contribution in [3.63, 3.8) is 0 Å². The predicted octanol–water partition coefficient (Wildman–Crippen LogP) is 2.24. The van der Waals surface area contributed by atoms with Gasteiger partial charge in [-0.25, -0.2) is 4.99 Å². The largest absolute Gasteiger partial charge is 0.379 e. The standard InChI is InChI=1S/C17H31N5O3.HI/c1-5-18-16(19-8-6-9-24-13-7-10-23-12-13)20-11-14-21-15(25-22-14)17(2,3)4;/h13H,5-12H2,1-4H3,(H2,18,19,20);1H. The topological polar surface area (TPSA) is 93.8 Å². The second-order valence-corrected chi connectivity index (χ2v) is 7.10. The summed E-state index contributed by atoms with van der Waals surface area (Å²) in [6, 6.07) is 0. The summed E-state index contributed by atoms with van der Waals surface area (Å²) in [5, 5.41) is 10.5. The molecule has 1 fully saturated rings. The number of nitrogens with zero attached hydrogens (tertiary/aromatic N) is 3. The van der Waals surface area contributed by atoms with Crippen molar-refractivity contribution in [1.29, 1.82) is 0 Å². The van der Waals surface area contributed by atoms with Crippen LogP contribution in [0.3, 0.4) is 0 Å². The van der Waals surface area contributed by atoms with E-state index < -0.39 is 0 Å². The van der Waals surface area contributed by atoms with Gasteiger partial charge in [0.2, 0.25) is 5.89 Å². The van der Waals surface area contributed by atoms with Gasteiger partial charge in [-0.05, 0) is 19.8 Å². The Labute approximate surface area is 172 Å². The highest BCUT2D eigenvalue weighted by molar-refractivity contribution is 14.0. The number of rotatable bonds is 8. The van der Waals surface area contributed by atoms with Crippen LogP contribution >= 0.6 is 24.0 Å². The molecule has 0 bridgehead atoms. The van der Waals surface area contributed by atoms with Crippen molar-refractivity contribution < 1.29 is 14.0 Å². The first-order chi connectivity index (χ1) is 12.0. The zero-order valence-corrected chi connectivity index (χ0v) is 18.5. The molecule has 1 unspecified atom stereocenters. The van der Waals surface area contributed by atoms with Gasteiger partial charge in [0, 0.05) is 31.7 Å². The Hall–Kier alpha value is -0.940. The molecule has 8 nitrogen and oxygen atoms in total. The fourth-order valence-corrected chi connectivity index (χ4v) is 2.29. The third kappa shape index (κ3) is 8.17. The number of aromatic nitrogens is 2. The molecule has 2 N–H and O–H groups in total. The van der Waals surface area contributed by atoms with Gasteiger partial charge in [-0.15, -0.1) is 24.0 Å². The zero-order valence-electron chi connectivity index (χ0n) is 16.2. The lowest BCUT2D eigenvalue weighted by Gasteiger charge is -2.12. The van der Waals surface area contributed by atoms with Crippen molar-refractivity contribution in [2.45, 2.75) is 58.6 Å². The summed E-state index contributed by atoms with van der Waals surface area (Å²) in [6.07, 6.45) is 2.17. The SMILES string of the molecule is CCNC(=NCc1noc(C(C)(C)C)n1)NCCCOC1CCOC1.I. The average molecular weight is 481 g/mol. The van der Waals surface area contributed by atoms with Crippen molar-refractivity contribution in [2.75, 3.05) is 32.9 Å². The van der Waals surface area contributed by atoms with Crippen molar-refractivity contribution in [3.05, 3.63) is 11.7 Å². The van der Waals surface area contributed by atoms with Crippen LogP contribution < -0.4 is 10.6 Å². The van der Waals surface area contributed by atoms with Gasteiger partial charge in [-0.3, -0.25) is 0 Å². The number of nitrogens with one attached hydrogen (secondary N) is 2. The third-order valence-corrected chi connectivity index (χ3v) is 3.69. The molecule has 26 heavy (non-hydrogen) atoms. The van der Waals surface area contributed by atoms with Crippen molar-refractivity contribution >= 4 is 29.9 Å². The lowest BCUT2D eigenvalue weighted by Crippen LogP contribution is -2.38. The number of hydrogen-bond acceptors (Lipinski definition) is 6. The summed E-state index contributed by atoms with van der Waals surface area (Å²) in [6.45, 7) is 12.4. The second kappa shape index (κ2) is 11.7.